The van der Waals surface area contributed by atoms with Crippen molar-refractivity contribution in [3.63, 3.8) is 0 Å². The Labute approximate surface area is 74.4 Å². The third kappa shape index (κ3) is 3.96. The molecule has 0 rings (SSSR count). The second-order valence-electron chi connectivity index (χ2n) is 2.40. The van der Waals surface area contributed by atoms with Crippen molar-refractivity contribution in [2.45, 2.75) is 25.9 Å². The van der Waals surface area contributed by atoms with E-state index >= 15 is 0 Å². The van der Waals surface area contributed by atoms with Crippen LogP contribution in [-0.2, 0) is 9.53 Å². The van der Waals surface area contributed by atoms with Crippen LogP contribution in [0.25, 0.3) is 0 Å². The summed E-state index contributed by atoms with van der Waals surface area (Å²) >= 11 is 0. The Morgan fingerprint density at radius 1 is 1.46 bits per heavy atom. The van der Waals surface area contributed by atoms with E-state index in [-0.39, 0.29) is 6.61 Å². The molecule has 0 fully saturated rings. The molecule has 0 aromatic rings. The second kappa shape index (κ2) is 5.61. The zero-order chi connectivity index (χ0) is 10.4. The number of ether oxygens (including phenoxy) is 1. The Bertz CT molecular complexity index is 192. The molecule has 0 bridgehead atoms. The number of carbonyl (C=O) groups is 1. The van der Waals surface area contributed by atoms with Gasteiger partial charge in [-0.25, -0.2) is 18.0 Å². The fraction of sp³-hybridized carbons (Fsp3) is 0.625. The van der Waals surface area contributed by atoms with E-state index in [9.17, 15) is 18.0 Å². The Balaban J connectivity index is 4.02. The molecular weight excluding hydrogens is 185 g/mol. The van der Waals surface area contributed by atoms with E-state index in [1.54, 1.807) is 6.92 Å². The van der Waals surface area contributed by atoms with Gasteiger partial charge < -0.3 is 4.74 Å². The molecule has 0 spiro atoms. The number of hydrogen-bond acceptors (Lipinski definition) is 2. The van der Waals surface area contributed by atoms with Crippen molar-refractivity contribution in [3.05, 3.63) is 12.2 Å². The third-order valence-corrected chi connectivity index (χ3v) is 1.25. The predicted molar refractivity (Wildman–Crippen MR) is 41.3 cm³/mol. The first-order chi connectivity index (χ1) is 6.00. The van der Waals surface area contributed by atoms with Crippen LogP contribution >= 0.6 is 0 Å². The van der Waals surface area contributed by atoms with Crippen LogP contribution in [0.15, 0.2) is 12.2 Å². The first kappa shape index (κ1) is 12.0. The van der Waals surface area contributed by atoms with Crippen molar-refractivity contribution in [1.82, 2.24) is 0 Å². The van der Waals surface area contributed by atoms with Crippen molar-refractivity contribution in [1.29, 1.82) is 0 Å². The quantitative estimate of drug-likeness (QED) is 0.497. The molecule has 76 valence electrons. The SMILES string of the molecule is C=C(C(=O)OCCC)C(F)C(F)F. The summed E-state index contributed by atoms with van der Waals surface area (Å²) in [6, 6.07) is 0. The first-order valence-corrected chi connectivity index (χ1v) is 3.78. The van der Waals surface area contributed by atoms with Crippen molar-refractivity contribution in [2.24, 2.45) is 0 Å². The first-order valence-electron chi connectivity index (χ1n) is 3.78. The number of halogens is 3. The van der Waals surface area contributed by atoms with Crippen LogP contribution in [0.5, 0.6) is 0 Å². The van der Waals surface area contributed by atoms with Gasteiger partial charge in [0, 0.05) is 0 Å². The average molecular weight is 196 g/mol. The smallest absolute Gasteiger partial charge is 0.336 e. The van der Waals surface area contributed by atoms with Gasteiger partial charge in [-0.1, -0.05) is 13.5 Å². The molecule has 0 aliphatic rings. The summed E-state index contributed by atoms with van der Waals surface area (Å²) in [4.78, 5) is 10.8. The third-order valence-electron chi connectivity index (χ3n) is 1.25. The second-order valence-corrected chi connectivity index (χ2v) is 2.40. The number of alkyl halides is 3. The summed E-state index contributed by atoms with van der Waals surface area (Å²) < 4.78 is 40.3. The summed E-state index contributed by atoms with van der Waals surface area (Å²) in [5.74, 6) is -1.10. The van der Waals surface area contributed by atoms with E-state index in [2.05, 4.69) is 11.3 Å². The molecule has 1 atom stereocenters. The van der Waals surface area contributed by atoms with Crippen LogP contribution in [0.2, 0.25) is 0 Å². The molecule has 0 saturated heterocycles. The summed E-state index contributed by atoms with van der Waals surface area (Å²) in [7, 11) is 0. The monoisotopic (exact) mass is 196 g/mol. The van der Waals surface area contributed by atoms with Crippen molar-refractivity contribution in [2.75, 3.05) is 6.61 Å². The molecule has 0 heterocycles. The van der Waals surface area contributed by atoms with Gasteiger partial charge in [-0.2, -0.15) is 0 Å². The maximum Gasteiger partial charge on any atom is 0.336 e. The fourth-order valence-corrected chi connectivity index (χ4v) is 0.552. The number of esters is 1. The maximum absolute atomic E-state index is 12.4. The van der Waals surface area contributed by atoms with Crippen LogP contribution in [0.1, 0.15) is 13.3 Å². The summed E-state index contributed by atoms with van der Waals surface area (Å²) in [6.45, 7) is 4.71. The lowest BCUT2D eigenvalue weighted by atomic mass is 10.2. The van der Waals surface area contributed by atoms with Gasteiger partial charge in [0.05, 0.1) is 12.2 Å². The standard InChI is InChI=1S/C8H11F3O2/c1-3-4-13-8(12)5(2)6(9)7(10)11/h6-7H,2-4H2,1H3. The molecule has 0 N–H and O–H groups in total. The summed E-state index contributed by atoms with van der Waals surface area (Å²) in [6.07, 6.45) is -5.32. The molecule has 0 saturated carbocycles. The van der Waals surface area contributed by atoms with Crippen LogP contribution in [0, 0.1) is 0 Å². The Hall–Kier alpha value is -1.00. The number of hydrogen-bond donors (Lipinski definition) is 0. The van der Waals surface area contributed by atoms with E-state index in [1.165, 1.54) is 0 Å². The van der Waals surface area contributed by atoms with E-state index in [1.807, 2.05) is 0 Å². The van der Waals surface area contributed by atoms with Gasteiger partial charge in [-0.05, 0) is 6.42 Å². The average Bonchev–Trinajstić information content (AvgIpc) is 2.11. The molecule has 0 aromatic heterocycles. The number of rotatable bonds is 5. The normalized spacial score (nSPS) is 12.7. The lowest BCUT2D eigenvalue weighted by molar-refractivity contribution is -0.140. The minimum absolute atomic E-state index is 0.0772. The van der Waals surface area contributed by atoms with E-state index in [4.69, 9.17) is 0 Å². The van der Waals surface area contributed by atoms with Gasteiger partial charge in [0.25, 0.3) is 6.43 Å². The topological polar surface area (TPSA) is 26.3 Å². The van der Waals surface area contributed by atoms with Crippen LogP contribution in [0.4, 0.5) is 13.2 Å². The van der Waals surface area contributed by atoms with Gasteiger partial charge in [-0.3, -0.25) is 0 Å². The minimum atomic E-state index is -3.23. The zero-order valence-electron chi connectivity index (χ0n) is 7.23. The summed E-state index contributed by atoms with van der Waals surface area (Å²) in [5, 5.41) is 0. The summed E-state index contributed by atoms with van der Waals surface area (Å²) in [5.41, 5.74) is -0.830. The molecule has 2 nitrogen and oxygen atoms in total. The molecule has 0 amide bonds. The molecule has 0 aromatic carbocycles. The van der Waals surface area contributed by atoms with Crippen molar-refractivity contribution >= 4 is 5.97 Å². The lowest BCUT2D eigenvalue weighted by Gasteiger charge is -2.09. The minimum Gasteiger partial charge on any atom is -0.462 e. The highest BCUT2D eigenvalue weighted by Gasteiger charge is 2.27. The Morgan fingerprint density at radius 2 is 2.00 bits per heavy atom. The molecular formula is C8H11F3O2. The van der Waals surface area contributed by atoms with Gasteiger partial charge >= 0.3 is 5.97 Å². The molecule has 13 heavy (non-hydrogen) atoms. The van der Waals surface area contributed by atoms with Gasteiger partial charge in [0.15, 0.2) is 6.17 Å². The molecule has 0 radical (unpaired) electrons. The van der Waals surface area contributed by atoms with E-state index < -0.39 is 24.1 Å². The molecule has 5 heteroatoms. The Kier molecular flexibility index (Phi) is 5.18. The van der Waals surface area contributed by atoms with Gasteiger partial charge in [-0.15, -0.1) is 0 Å². The highest BCUT2D eigenvalue weighted by Crippen LogP contribution is 2.14. The number of carbonyl (C=O) groups excluding carboxylic acids is 1. The largest absolute Gasteiger partial charge is 0.462 e. The Morgan fingerprint density at radius 3 is 2.38 bits per heavy atom. The highest BCUT2D eigenvalue weighted by atomic mass is 19.3. The van der Waals surface area contributed by atoms with Gasteiger partial charge in [0.1, 0.15) is 0 Å². The zero-order valence-corrected chi connectivity index (χ0v) is 7.23. The molecule has 1 unspecified atom stereocenters. The maximum atomic E-state index is 12.4. The van der Waals surface area contributed by atoms with Crippen molar-refractivity contribution < 1.29 is 22.7 Å². The lowest BCUT2D eigenvalue weighted by Crippen LogP contribution is -2.22. The van der Waals surface area contributed by atoms with Gasteiger partial charge in [0.2, 0.25) is 0 Å². The molecule has 0 aliphatic heterocycles. The van der Waals surface area contributed by atoms with Crippen LogP contribution < -0.4 is 0 Å². The van der Waals surface area contributed by atoms with Crippen LogP contribution in [-0.4, -0.2) is 25.2 Å². The van der Waals surface area contributed by atoms with Crippen molar-refractivity contribution in [3.8, 4) is 0 Å². The predicted octanol–water partition coefficient (Wildman–Crippen LogP) is 2.10. The van der Waals surface area contributed by atoms with E-state index in [0.717, 1.165) is 0 Å². The van der Waals surface area contributed by atoms with Crippen LogP contribution in [0.3, 0.4) is 0 Å². The highest BCUT2D eigenvalue weighted by molar-refractivity contribution is 5.88. The van der Waals surface area contributed by atoms with E-state index in [0.29, 0.717) is 6.42 Å². The molecule has 0 aliphatic carbocycles. The fourth-order valence-electron chi connectivity index (χ4n) is 0.552.